The molecule has 2 N–H and O–H groups in total. The number of methoxy groups -OCH3 is 1. The Balaban J connectivity index is 0.979. The van der Waals surface area contributed by atoms with Crippen LogP contribution in [0.3, 0.4) is 0 Å². The number of H-pyrrole nitrogens is 1. The molecule has 0 radical (unpaired) electrons. The monoisotopic (exact) mass is 926 g/mol. The fraction of sp³-hybridized carbons (Fsp3) is 0.750. The van der Waals surface area contributed by atoms with Crippen LogP contribution in [0.2, 0.25) is 0 Å². The lowest BCUT2D eigenvalue weighted by atomic mass is 9.32. The van der Waals surface area contributed by atoms with Gasteiger partial charge in [0.15, 0.2) is 0 Å². The number of aliphatic carboxylic acids is 1. The van der Waals surface area contributed by atoms with Gasteiger partial charge in [0, 0.05) is 25.5 Å². The van der Waals surface area contributed by atoms with E-state index < -0.39 is 22.7 Å². The second-order valence-corrected chi connectivity index (χ2v) is 24.1. The number of nitrogens with zero attached hydrogens (tertiary/aromatic N) is 2. The highest BCUT2D eigenvalue weighted by Crippen LogP contribution is 2.78. The van der Waals surface area contributed by atoms with E-state index >= 15 is 4.79 Å². The maximum Gasteiger partial charge on any atom is 0.309 e. The molecule has 67 heavy (non-hydrogen) atoms. The average Bonchev–Trinajstić information content (AvgIpc) is 4.04. The van der Waals surface area contributed by atoms with Gasteiger partial charge < -0.3 is 29.2 Å². The zero-order valence-corrected chi connectivity index (χ0v) is 42.1. The molecule has 2 unspecified atom stereocenters. The number of aromatic amines is 1. The van der Waals surface area contributed by atoms with E-state index in [0.29, 0.717) is 63.2 Å². The highest BCUT2D eigenvalue weighted by molar-refractivity contribution is 5.85. The van der Waals surface area contributed by atoms with Crippen LogP contribution in [0.1, 0.15) is 157 Å². The maximum absolute atomic E-state index is 16.0. The summed E-state index contributed by atoms with van der Waals surface area (Å²) in [6, 6.07) is 6.15. The summed E-state index contributed by atoms with van der Waals surface area (Å²) in [7, 11) is 1.68. The summed E-state index contributed by atoms with van der Waals surface area (Å²) < 4.78 is 32.2. The molecule has 2 heterocycles. The Morgan fingerprint density at radius 2 is 1.61 bits per heavy atom. The molecule has 2 aromatic rings. The lowest BCUT2D eigenvalue weighted by molar-refractivity contribution is -0.252. The van der Waals surface area contributed by atoms with Gasteiger partial charge in [-0.2, -0.15) is 0 Å². The lowest BCUT2D eigenvalue weighted by Crippen LogP contribution is -2.67. The van der Waals surface area contributed by atoms with Gasteiger partial charge in [0.25, 0.3) is 0 Å². The fourth-order valence-electron chi connectivity index (χ4n) is 17.9. The van der Waals surface area contributed by atoms with E-state index in [1.54, 1.807) is 25.4 Å². The smallest absolute Gasteiger partial charge is 0.309 e. The van der Waals surface area contributed by atoms with E-state index in [2.05, 4.69) is 58.0 Å². The third-order valence-corrected chi connectivity index (χ3v) is 21.7. The van der Waals surface area contributed by atoms with E-state index in [4.69, 9.17) is 19.2 Å². The Hall–Kier alpha value is -3.57. The number of aromatic nitrogens is 2. The molecule has 368 valence electrons. The number of benzene rings is 1. The van der Waals surface area contributed by atoms with Crippen molar-refractivity contribution < 1.29 is 38.1 Å². The van der Waals surface area contributed by atoms with E-state index in [-0.39, 0.29) is 75.4 Å². The third kappa shape index (κ3) is 7.24. The highest BCUT2D eigenvalue weighted by atomic mass is 19.1. The van der Waals surface area contributed by atoms with Crippen molar-refractivity contribution in [2.24, 2.45) is 73.9 Å². The highest BCUT2D eigenvalue weighted by Gasteiger charge is 2.73. The number of carboxylic acid groups (broad SMARTS) is 1. The first-order chi connectivity index (χ1) is 31.8. The van der Waals surface area contributed by atoms with Crippen LogP contribution < -0.4 is 0 Å². The second-order valence-electron chi connectivity index (χ2n) is 24.1. The number of carbonyl (C=O) groups is 3. The molecule has 11 heteroatoms. The minimum atomic E-state index is -0.796. The number of halogens is 1. The normalized spacial score (nSPS) is 40.4. The quantitative estimate of drug-likeness (QED) is 0.115. The van der Waals surface area contributed by atoms with Gasteiger partial charge in [-0.15, -0.1) is 0 Å². The Morgan fingerprint density at radius 3 is 2.28 bits per heavy atom. The van der Waals surface area contributed by atoms with Crippen molar-refractivity contribution in [2.75, 3.05) is 26.9 Å². The van der Waals surface area contributed by atoms with Crippen molar-refractivity contribution in [3.8, 4) is 11.3 Å². The maximum atomic E-state index is 16.0. The van der Waals surface area contributed by atoms with Gasteiger partial charge in [-0.3, -0.25) is 14.4 Å². The Bertz CT molecular complexity index is 2220. The minimum absolute atomic E-state index is 0.0274. The van der Waals surface area contributed by atoms with Crippen molar-refractivity contribution in [2.45, 2.75) is 164 Å². The largest absolute Gasteiger partial charge is 0.481 e. The SMILES string of the molecule is C=C(C)C1CC[C@]2(C(=O)N3C[C@H](OCCOC)C[C@H]3c3ncc(-c4ccc(F)cc4)[nH]3)CC[C@]3(C)[C@H](CC[C@@H]4[C@@]5(C)CC[C@H](OC(=O)[C@H]6C[C@@H](C(=O)O)C6(CC)CC)C(C)(C)C5CC[C@]43C)[C@@H]12. The van der Waals surface area contributed by atoms with Gasteiger partial charge in [-0.05, 0) is 171 Å². The van der Waals surface area contributed by atoms with Gasteiger partial charge in [-0.25, -0.2) is 9.37 Å². The lowest BCUT2D eigenvalue weighted by Gasteiger charge is -2.73. The molecule has 0 spiro atoms. The third-order valence-electron chi connectivity index (χ3n) is 21.7. The molecular formula is C56H80FN3O7. The van der Waals surface area contributed by atoms with E-state index in [1.807, 2.05) is 13.8 Å². The van der Waals surface area contributed by atoms with Gasteiger partial charge in [0.2, 0.25) is 5.91 Å². The zero-order valence-electron chi connectivity index (χ0n) is 42.1. The predicted octanol–water partition coefficient (Wildman–Crippen LogP) is 11.6. The number of allylic oxidation sites excluding steroid dienone is 1. The van der Waals surface area contributed by atoms with Crippen molar-refractivity contribution in [3.63, 3.8) is 0 Å². The number of amides is 1. The summed E-state index contributed by atoms with van der Waals surface area (Å²) in [6.07, 6.45) is 13.7. The molecule has 6 saturated carbocycles. The molecule has 9 rings (SSSR count). The van der Waals surface area contributed by atoms with Crippen LogP contribution in [-0.2, 0) is 28.6 Å². The van der Waals surface area contributed by atoms with E-state index in [0.717, 1.165) is 81.3 Å². The summed E-state index contributed by atoms with van der Waals surface area (Å²) in [5.41, 5.74) is 1.74. The van der Waals surface area contributed by atoms with E-state index in [9.17, 15) is 19.1 Å². The molecule has 1 aromatic carbocycles. The van der Waals surface area contributed by atoms with Gasteiger partial charge in [0.05, 0.1) is 54.5 Å². The number of carbonyl (C=O) groups excluding carboxylic acids is 2. The number of imidazole rings is 1. The van der Waals surface area contributed by atoms with E-state index in [1.165, 1.54) is 17.7 Å². The summed E-state index contributed by atoms with van der Waals surface area (Å²) >= 11 is 0. The topological polar surface area (TPSA) is 131 Å². The first kappa shape index (κ1) is 48.5. The molecule has 7 fully saturated rings. The van der Waals surface area contributed by atoms with Gasteiger partial charge in [0.1, 0.15) is 17.7 Å². The Kier molecular flexibility index (Phi) is 12.6. The van der Waals surface area contributed by atoms with Crippen LogP contribution >= 0.6 is 0 Å². The van der Waals surface area contributed by atoms with Gasteiger partial charge >= 0.3 is 11.9 Å². The summed E-state index contributed by atoms with van der Waals surface area (Å²) in [5, 5.41) is 10.00. The van der Waals surface area contributed by atoms with Crippen molar-refractivity contribution in [1.82, 2.24) is 14.9 Å². The number of nitrogens with one attached hydrogen (secondary N) is 1. The molecule has 6 aliphatic carbocycles. The minimum Gasteiger partial charge on any atom is -0.481 e. The molecule has 1 aromatic heterocycles. The van der Waals surface area contributed by atoms with Crippen LogP contribution in [0, 0.1) is 79.7 Å². The number of hydrogen-bond acceptors (Lipinski definition) is 7. The van der Waals surface area contributed by atoms with Crippen LogP contribution in [0.15, 0.2) is 42.6 Å². The van der Waals surface area contributed by atoms with Crippen molar-refractivity contribution >= 4 is 17.8 Å². The zero-order chi connectivity index (χ0) is 48.1. The molecule has 1 amide bonds. The number of rotatable bonds is 13. The van der Waals surface area contributed by atoms with Gasteiger partial charge in [-0.1, -0.05) is 60.6 Å². The number of likely N-dealkylation sites (tertiary alicyclic amines) is 1. The van der Waals surface area contributed by atoms with Crippen molar-refractivity contribution in [1.29, 1.82) is 0 Å². The number of fused-ring (bicyclic) bond motifs is 7. The molecular weight excluding hydrogens is 846 g/mol. The fourth-order valence-corrected chi connectivity index (χ4v) is 17.9. The summed E-state index contributed by atoms with van der Waals surface area (Å²) in [4.78, 5) is 52.8. The number of ether oxygens (including phenoxy) is 3. The number of carboxylic acids is 1. The molecule has 10 nitrogen and oxygen atoms in total. The average molecular weight is 926 g/mol. The Morgan fingerprint density at radius 1 is 0.881 bits per heavy atom. The summed E-state index contributed by atoms with van der Waals surface area (Å²) in [6.45, 7) is 24.8. The Labute approximate surface area is 399 Å². The summed E-state index contributed by atoms with van der Waals surface area (Å²) in [5.74, 6) is 0.589. The standard InChI is InChI=1S/C56H80FN3O7/c1-11-55(12-2)39(48(61)62)30-40(55)49(63)67-45-21-22-52(7)43(51(45,5)6)20-23-54(9)44(52)18-17-38-46-37(33(3)4)19-24-56(46,26-25-53(38,54)8)50(64)60-32-36(66-28-27-65-10)29-42(60)47-58-31-41(59-47)34-13-15-35(57)16-14-34/h13-16,31,36-40,42-46H,3,11-12,17-30,32H2,1-2,4-10H3,(H,58,59)(H,61,62)/t36-,37?,38-,39+,40-,42+,43?,44-,45+,46-,52+,53-,54-,56+/m1/s1. The van der Waals surface area contributed by atoms with Crippen molar-refractivity contribution in [3.05, 3.63) is 54.3 Å². The molecule has 14 atom stereocenters. The van der Waals surface area contributed by atoms with Crippen LogP contribution in [0.4, 0.5) is 4.39 Å². The van der Waals surface area contributed by atoms with Crippen LogP contribution in [0.25, 0.3) is 11.3 Å². The molecule has 7 aliphatic rings. The molecule has 1 saturated heterocycles. The first-order valence-electron chi connectivity index (χ1n) is 26.1. The van der Waals surface area contributed by atoms with Crippen LogP contribution in [-0.4, -0.2) is 76.9 Å². The second kappa shape index (κ2) is 17.4. The number of hydrogen-bond donors (Lipinski definition) is 2. The van der Waals surface area contributed by atoms with Crippen LogP contribution in [0.5, 0.6) is 0 Å². The predicted molar refractivity (Wildman–Crippen MR) is 256 cm³/mol. The first-order valence-corrected chi connectivity index (χ1v) is 26.1. The number of esters is 1. The molecule has 0 bridgehead atoms. The molecule has 1 aliphatic heterocycles.